The molecule has 6 nitrogen and oxygen atoms in total. The molecule has 33 heavy (non-hydrogen) atoms. The fraction of sp³-hybridized carbons (Fsp3) is 0.593. The Labute approximate surface area is 199 Å². The number of rotatable bonds is 7. The highest BCUT2D eigenvalue weighted by molar-refractivity contribution is 5.73. The van der Waals surface area contributed by atoms with Crippen LogP contribution in [0.1, 0.15) is 37.3 Å². The van der Waals surface area contributed by atoms with Gasteiger partial charge < -0.3 is 24.2 Å². The summed E-state index contributed by atoms with van der Waals surface area (Å²) in [5, 5.41) is 0. The Bertz CT molecular complexity index is 896. The average molecular weight is 453 g/mol. The first kappa shape index (κ1) is 24.0. The van der Waals surface area contributed by atoms with Crippen LogP contribution in [0.3, 0.4) is 0 Å². The minimum absolute atomic E-state index is 0.523. The first-order chi connectivity index (χ1) is 16.1. The Balaban J connectivity index is 1.64. The van der Waals surface area contributed by atoms with Crippen molar-refractivity contribution in [1.82, 2.24) is 9.88 Å². The topological polar surface area (TPSA) is 41.1 Å². The van der Waals surface area contributed by atoms with E-state index in [0.717, 1.165) is 70.2 Å². The molecule has 0 radical (unpaired) electrons. The van der Waals surface area contributed by atoms with Crippen LogP contribution in [0.15, 0.2) is 30.5 Å². The van der Waals surface area contributed by atoms with Gasteiger partial charge in [-0.1, -0.05) is 0 Å². The van der Waals surface area contributed by atoms with Gasteiger partial charge in [-0.05, 0) is 87.7 Å². The first-order valence-corrected chi connectivity index (χ1v) is 12.5. The lowest BCUT2D eigenvalue weighted by Gasteiger charge is -2.37. The summed E-state index contributed by atoms with van der Waals surface area (Å²) in [5.41, 5.74) is 6.24. The van der Waals surface area contributed by atoms with Crippen LogP contribution in [0.5, 0.6) is 0 Å². The third-order valence-electron chi connectivity index (χ3n) is 7.19. The summed E-state index contributed by atoms with van der Waals surface area (Å²) in [5.74, 6) is 1.08. The molecule has 0 N–H and O–H groups in total. The molecule has 0 unspecified atom stereocenters. The van der Waals surface area contributed by atoms with Gasteiger partial charge in [-0.2, -0.15) is 0 Å². The molecule has 3 heterocycles. The third kappa shape index (κ3) is 5.68. The largest absolute Gasteiger partial charge is 0.381 e. The molecule has 4 rings (SSSR count). The number of anilines is 2. The summed E-state index contributed by atoms with van der Waals surface area (Å²) >= 11 is 0. The third-order valence-corrected chi connectivity index (χ3v) is 7.19. The van der Waals surface area contributed by atoms with Crippen molar-refractivity contribution in [3.05, 3.63) is 41.6 Å². The number of hydrogen-bond acceptors (Lipinski definition) is 6. The summed E-state index contributed by atoms with van der Waals surface area (Å²) in [6.07, 6.45) is 5.39. The molecule has 0 aliphatic carbocycles. The second-order valence-electron chi connectivity index (χ2n) is 9.39. The summed E-state index contributed by atoms with van der Waals surface area (Å²) in [6.45, 7) is 12.1. The lowest BCUT2D eigenvalue weighted by molar-refractivity contribution is 0.0846. The number of aromatic nitrogens is 1. The molecule has 2 saturated heterocycles. The van der Waals surface area contributed by atoms with Crippen molar-refractivity contribution in [2.75, 3.05) is 69.9 Å². The molecule has 0 atom stereocenters. The Hall–Kier alpha value is -2.15. The standard InChI is InChI=1S/C27H40N4O2/c1-5-31(25-9-15-33-16-10-25)26-18-23(17-24(20-32-4)21(26)2)22-7-8-27(28-19-22)30-12-6-11-29(3)13-14-30/h7-8,17-19,25H,5-6,9-16,20H2,1-4H3. The number of likely N-dealkylation sites (N-methyl/N-ethyl adjacent to an activating group) is 1. The van der Waals surface area contributed by atoms with Crippen molar-refractivity contribution in [3.63, 3.8) is 0 Å². The summed E-state index contributed by atoms with van der Waals surface area (Å²) in [7, 11) is 3.98. The Morgan fingerprint density at radius 3 is 2.61 bits per heavy atom. The van der Waals surface area contributed by atoms with Gasteiger partial charge in [-0.25, -0.2) is 4.98 Å². The van der Waals surface area contributed by atoms with Gasteiger partial charge in [-0.15, -0.1) is 0 Å². The molecular weight excluding hydrogens is 412 g/mol. The normalized spacial score (nSPS) is 18.4. The van der Waals surface area contributed by atoms with Crippen LogP contribution < -0.4 is 9.80 Å². The van der Waals surface area contributed by atoms with Crippen LogP contribution >= 0.6 is 0 Å². The minimum Gasteiger partial charge on any atom is -0.381 e. The highest BCUT2D eigenvalue weighted by atomic mass is 16.5. The van der Waals surface area contributed by atoms with E-state index in [1.807, 2.05) is 6.20 Å². The van der Waals surface area contributed by atoms with Gasteiger partial charge in [0.15, 0.2) is 0 Å². The average Bonchev–Trinajstić information content (AvgIpc) is 3.07. The second-order valence-corrected chi connectivity index (χ2v) is 9.39. The van der Waals surface area contributed by atoms with Crippen LogP contribution in [-0.4, -0.2) is 76.0 Å². The quantitative estimate of drug-likeness (QED) is 0.622. The van der Waals surface area contributed by atoms with Crippen molar-refractivity contribution in [1.29, 1.82) is 0 Å². The van der Waals surface area contributed by atoms with Crippen LogP contribution in [0, 0.1) is 6.92 Å². The number of pyridine rings is 1. The molecular formula is C27H40N4O2. The van der Waals surface area contributed by atoms with Crippen LogP contribution in [0.4, 0.5) is 11.5 Å². The van der Waals surface area contributed by atoms with E-state index in [1.54, 1.807) is 7.11 Å². The van der Waals surface area contributed by atoms with E-state index in [2.05, 4.69) is 59.9 Å². The van der Waals surface area contributed by atoms with Crippen molar-refractivity contribution < 1.29 is 9.47 Å². The summed E-state index contributed by atoms with van der Waals surface area (Å²) < 4.78 is 11.2. The monoisotopic (exact) mass is 452 g/mol. The Morgan fingerprint density at radius 2 is 1.91 bits per heavy atom. The Morgan fingerprint density at radius 1 is 1.09 bits per heavy atom. The number of methoxy groups -OCH3 is 1. The van der Waals surface area contributed by atoms with E-state index < -0.39 is 0 Å². The summed E-state index contributed by atoms with van der Waals surface area (Å²) in [4.78, 5) is 12.3. The molecule has 2 aliphatic rings. The number of benzene rings is 1. The molecule has 6 heteroatoms. The fourth-order valence-electron chi connectivity index (χ4n) is 5.17. The lowest BCUT2D eigenvalue weighted by atomic mass is 9.96. The highest BCUT2D eigenvalue weighted by Crippen LogP contribution is 2.34. The molecule has 180 valence electrons. The van der Waals surface area contributed by atoms with Crippen LogP contribution in [0.25, 0.3) is 11.1 Å². The van der Waals surface area contributed by atoms with Crippen LogP contribution in [-0.2, 0) is 16.1 Å². The molecule has 0 saturated carbocycles. The van der Waals surface area contributed by atoms with Gasteiger partial charge in [-0.3, -0.25) is 0 Å². The maximum Gasteiger partial charge on any atom is 0.128 e. The zero-order chi connectivity index (χ0) is 23.2. The van der Waals surface area contributed by atoms with Gasteiger partial charge in [0.1, 0.15) is 5.82 Å². The van der Waals surface area contributed by atoms with Gasteiger partial charge in [0.05, 0.1) is 6.61 Å². The van der Waals surface area contributed by atoms with E-state index in [1.165, 1.54) is 28.8 Å². The van der Waals surface area contributed by atoms with Gasteiger partial charge in [0.2, 0.25) is 0 Å². The minimum atomic E-state index is 0.523. The van der Waals surface area contributed by atoms with Crippen molar-refractivity contribution in [2.45, 2.75) is 45.8 Å². The lowest BCUT2D eigenvalue weighted by Crippen LogP contribution is -2.40. The smallest absolute Gasteiger partial charge is 0.128 e. The molecule has 1 aromatic heterocycles. The molecule has 2 fully saturated rings. The van der Waals surface area contributed by atoms with Crippen LogP contribution in [0.2, 0.25) is 0 Å². The maximum atomic E-state index is 5.63. The van der Waals surface area contributed by atoms with Gasteiger partial charge in [0, 0.05) is 70.0 Å². The van der Waals surface area contributed by atoms with Gasteiger partial charge >= 0.3 is 0 Å². The molecule has 0 amide bonds. The predicted molar refractivity (Wildman–Crippen MR) is 136 cm³/mol. The maximum absolute atomic E-state index is 5.63. The number of ether oxygens (including phenoxy) is 2. The van der Waals surface area contributed by atoms with E-state index in [4.69, 9.17) is 14.5 Å². The van der Waals surface area contributed by atoms with E-state index in [-0.39, 0.29) is 0 Å². The zero-order valence-corrected chi connectivity index (χ0v) is 20.8. The molecule has 2 aliphatic heterocycles. The van der Waals surface area contributed by atoms with E-state index in [0.29, 0.717) is 12.6 Å². The van der Waals surface area contributed by atoms with Crippen molar-refractivity contribution in [3.8, 4) is 11.1 Å². The first-order valence-electron chi connectivity index (χ1n) is 12.5. The zero-order valence-electron chi connectivity index (χ0n) is 20.8. The Kier molecular flexibility index (Phi) is 8.23. The van der Waals surface area contributed by atoms with E-state index in [9.17, 15) is 0 Å². The summed E-state index contributed by atoms with van der Waals surface area (Å²) in [6, 6.07) is 9.57. The number of nitrogens with zero attached hydrogens (tertiary/aromatic N) is 4. The SMILES string of the molecule is CCN(c1cc(-c2ccc(N3CCCN(C)CC3)nc2)cc(COC)c1C)C1CCOCC1. The molecule has 1 aromatic carbocycles. The van der Waals surface area contributed by atoms with Crippen molar-refractivity contribution >= 4 is 11.5 Å². The predicted octanol–water partition coefficient (Wildman–Crippen LogP) is 4.35. The second kappa shape index (κ2) is 11.3. The molecule has 2 aromatic rings. The highest BCUT2D eigenvalue weighted by Gasteiger charge is 2.23. The van der Waals surface area contributed by atoms with Crippen molar-refractivity contribution in [2.24, 2.45) is 0 Å². The fourth-order valence-corrected chi connectivity index (χ4v) is 5.17. The molecule has 0 bridgehead atoms. The van der Waals surface area contributed by atoms with E-state index >= 15 is 0 Å². The van der Waals surface area contributed by atoms with Gasteiger partial charge in [0.25, 0.3) is 0 Å². The molecule has 0 spiro atoms. The number of hydrogen-bond donors (Lipinski definition) is 0.